The van der Waals surface area contributed by atoms with Gasteiger partial charge in [-0.15, -0.1) is 11.1 Å². The van der Waals surface area contributed by atoms with Gasteiger partial charge in [0.1, 0.15) is 50.3 Å². The molecule has 0 radical (unpaired) electrons. The van der Waals surface area contributed by atoms with Gasteiger partial charge in [-0.1, -0.05) is 267 Å². The summed E-state index contributed by atoms with van der Waals surface area (Å²) in [5, 5.41) is 2.09. The molecule has 0 atom stereocenters. The van der Waals surface area contributed by atoms with Crippen molar-refractivity contribution in [2.75, 3.05) is 26.4 Å². The van der Waals surface area contributed by atoms with Crippen LogP contribution in [-0.4, -0.2) is 47.6 Å². The number of aromatic amines is 1. The number of rotatable bonds is 32. The molecule has 1 heterocycles. The quantitative estimate of drug-likeness (QED) is 0.0259. The summed E-state index contributed by atoms with van der Waals surface area (Å²) in [6.45, 7) is 25.4. The molecule has 0 unspecified atom stereocenters. The van der Waals surface area contributed by atoms with Gasteiger partial charge in [0.15, 0.2) is 0 Å². The molecule has 0 fully saturated rings. The molecule has 1 N–H and O–H groups in total. The Balaban J connectivity index is 1.16. The van der Waals surface area contributed by atoms with E-state index in [2.05, 4.69) is 191 Å². The van der Waals surface area contributed by atoms with Crippen molar-refractivity contribution < 1.29 is 18.9 Å². The zero-order valence-electron chi connectivity index (χ0n) is 58.3. The molecule has 0 saturated heterocycles. The van der Waals surface area contributed by atoms with E-state index in [1.54, 1.807) is 0 Å². The first-order valence-electron chi connectivity index (χ1n) is 35.5. The third kappa shape index (κ3) is 25.9. The Bertz CT molecular complexity index is 3550. The molecule has 486 valence electrons. The third-order valence-corrected chi connectivity index (χ3v) is 17.8. The van der Waals surface area contributed by atoms with Crippen LogP contribution >= 0.6 is 0 Å². The van der Waals surface area contributed by atoms with Crippen molar-refractivity contribution in [3.05, 3.63) is 165 Å². The molecule has 5 nitrogen and oxygen atoms in total. The number of benzene rings is 6. The summed E-state index contributed by atoms with van der Waals surface area (Å²) in [6.07, 6.45) is 29.0. The Morgan fingerprint density at radius 2 is 0.548 bits per heavy atom. The van der Waals surface area contributed by atoms with Gasteiger partial charge in [0.2, 0.25) is 0 Å². The van der Waals surface area contributed by atoms with Crippen molar-refractivity contribution in [3.63, 3.8) is 0 Å². The van der Waals surface area contributed by atoms with Gasteiger partial charge >= 0.3 is 0 Å². The fourth-order valence-electron chi connectivity index (χ4n) is 10.8. The van der Waals surface area contributed by atoms with Gasteiger partial charge in [-0.2, -0.15) is 0 Å². The molecule has 0 spiro atoms. The zero-order chi connectivity index (χ0) is 65.9. The van der Waals surface area contributed by atoms with E-state index >= 15 is 0 Å². The number of nitrogens with one attached hydrogen (secondary N) is 1. The Kier molecular flexibility index (Phi) is 30.9. The average molecular weight is 1270 g/mol. The van der Waals surface area contributed by atoms with Crippen LogP contribution in [0.3, 0.4) is 0 Å². The molecule has 7 aromatic rings. The maximum Gasteiger partial charge on any atom is 0.138 e. The van der Waals surface area contributed by atoms with E-state index in [9.17, 15) is 0 Å². The highest BCUT2D eigenvalue weighted by Crippen LogP contribution is 2.34. The minimum Gasteiger partial charge on any atom is -0.492 e. The molecule has 0 saturated carbocycles. The number of unbranched alkanes of at least 4 members (excludes halogenated alkanes) is 20. The van der Waals surface area contributed by atoms with Crippen LogP contribution in [0.4, 0.5) is 0 Å². The topological polar surface area (TPSA) is 52.7 Å². The van der Waals surface area contributed by atoms with Crippen molar-refractivity contribution in [1.82, 2.24) is 4.98 Å². The molecular weight excluding hydrogens is 1170 g/mol. The molecule has 0 aliphatic carbocycles. The lowest BCUT2D eigenvalue weighted by Gasteiger charge is -2.13. The van der Waals surface area contributed by atoms with E-state index < -0.39 is 16.1 Å². The maximum atomic E-state index is 6.41. The van der Waals surface area contributed by atoms with Crippen LogP contribution in [0, 0.1) is 70.3 Å². The molecule has 7 rings (SSSR count). The summed E-state index contributed by atoms with van der Waals surface area (Å²) in [5.41, 5.74) is 18.1. The second-order valence-corrected chi connectivity index (χ2v) is 36.4. The summed E-state index contributed by atoms with van der Waals surface area (Å²) in [5.74, 6) is 38.2. The lowest BCUT2D eigenvalue weighted by Crippen LogP contribution is -2.16. The van der Waals surface area contributed by atoms with Crippen LogP contribution in [-0.2, 0) is 0 Å². The minimum atomic E-state index is -1.76. The Hall–Kier alpha value is -7.89. The first-order chi connectivity index (χ1) is 45.2. The molecule has 0 aliphatic heterocycles. The summed E-state index contributed by atoms with van der Waals surface area (Å²) in [6, 6.07) is 37.2. The molecule has 7 heteroatoms. The first-order valence-corrected chi connectivity index (χ1v) is 42.5. The van der Waals surface area contributed by atoms with E-state index in [0.29, 0.717) is 26.4 Å². The van der Waals surface area contributed by atoms with Crippen LogP contribution in [0.2, 0.25) is 39.3 Å². The highest BCUT2D eigenvalue weighted by molar-refractivity contribution is 6.84. The van der Waals surface area contributed by atoms with Crippen molar-refractivity contribution >= 4 is 38.0 Å². The lowest BCUT2D eigenvalue weighted by molar-refractivity contribution is 0.288. The van der Waals surface area contributed by atoms with Crippen LogP contribution < -0.4 is 18.9 Å². The van der Waals surface area contributed by atoms with E-state index in [-0.39, 0.29) is 0 Å². The predicted molar refractivity (Wildman–Crippen MR) is 401 cm³/mol. The van der Waals surface area contributed by atoms with Gasteiger partial charge in [0, 0.05) is 55.3 Å². The van der Waals surface area contributed by atoms with Crippen molar-refractivity contribution in [1.29, 1.82) is 0 Å². The molecule has 0 aliphatic rings. The molecule has 6 aromatic carbocycles. The highest BCUT2D eigenvalue weighted by Gasteiger charge is 2.17. The smallest absolute Gasteiger partial charge is 0.138 e. The van der Waals surface area contributed by atoms with Crippen molar-refractivity contribution in [3.8, 4) is 93.3 Å². The molecule has 93 heavy (non-hydrogen) atoms. The molecular formula is C86H105NO4Si2. The fraction of sp³-hybridized carbons (Fsp3) is 0.442. The van der Waals surface area contributed by atoms with Gasteiger partial charge in [0.25, 0.3) is 0 Å². The summed E-state index contributed by atoms with van der Waals surface area (Å²) in [7, 11) is -3.52. The van der Waals surface area contributed by atoms with Gasteiger partial charge in [-0.25, -0.2) is 0 Å². The Labute approximate surface area is 564 Å². The number of ether oxygens (including phenoxy) is 4. The fourth-order valence-corrected chi connectivity index (χ4v) is 11.8. The zero-order valence-corrected chi connectivity index (χ0v) is 60.3. The molecule has 1 aromatic heterocycles. The summed E-state index contributed by atoms with van der Waals surface area (Å²) >= 11 is 0. The van der Waals surface area contributed by atoms with E-state index in [1.807, 2.05) is 60.7 Å². The minimum absolute atomic E-state index is 0.664. The summed E-state index contributed by atoms with van der Waals surface area (Å²) in [4.78, 5) is 3.82. The van der Waals surface area contributed by atoms with Crippen LogP contribution in [0.1, 0.15) is 237 Å². The second-order valence-electron chi connectivity index (χ2n) is 26.9. The SMILES string of the molecule is CCCCCCCCOc1cccc(OCCCCCCCC)c1C#Cc1ccc(C#Cc2cc(C#C[Si](C)(C)C)c3[nH]c4c(C#C[Si](C)(C)C)cc(C#Cc5ccc(C#Cc6c(OCCCCCCCC)cccc6OCCCCCCCC)cc5)cc4c3c2)cc1. The van der Waals surface area contributed by atoms with Gasteiger partial charge in [0.05, 0.1) is 37.5 Å². The van der Waals surface area contributed by atoms with Gasteiger partial charge < -0.3 is 23.9 Å². The van der Waals surface area contributed by atoms with E-state index in [4.69, 9.17) is 18.9 Å². The third-order valence-electron chi connectivity index (χ3n) is 16.1. The number of hydrogen-bond acceptors (Lipinski definition) is 4. The molecule has 0 amide bonds. The van der Waals surface area contributed by atoms with Crippen molar-refractivity contribution in [2.24, 2.45) is 0 Å². The Morgan fingerprint density at radius 1 is 0.290 bits per heavy atom. The van der Waals surface area contributed by atoms with E-state index in [0.717, 1.165) is 126 Å². The van der Waals surface area contributed by atoms with E-state index in [1.165, 1.54) is 128 Å². The standard InChI is InChI=1S/C86H105NO4Si2/c1-11-15-19-23-27-31-59-88-81-37-35-38-82(89-60-32-28-24-20-16-12-2)77(81)55-53-71-45-41-69(42-46-71)49-51-73-65-75(57-63-92(5,6)7)85-79(67-73)80-68-74(66-76(86(80)87-85)58-64-93(8,9)10)52-50-70-43-47-72(48-44-70)54-56-78-83(90-61-33-29-25-21-17-13-3)39-36-40-84(78)91-62-34-30-26-22-18-14-4/h35-48,65-68,87H,11-34,59-62H2,1-10H3. The number of fused-ring (bicyclic) bond motifs is 3. The monoisotopic (exact) mass is 1270 g/mol. The number of aromatic nitrogens is 1. The average Bonchev–Trinajstić information content (AvgIpc) is 1.61. The second kappa shape index (κ2) is 39.6. The Morgan fingerprint density at radius 3 is 0.828 bits per heavy atom. The maximum absolute atomic E-state index is 6.41. The van der Waals surface area contributed by atoms with Crippen molar-refractivity contribution in [2.45, 2.75) is 221 Å². The van der Waals surface area contributed by atoms with Gasteiger partial charge in [-0.3, -0.25) is 0 Å². The lowest BCUT2D eigenvalue weighted by atomic mass is 10.0. The van der Waals surface area contributed by atoms with Crippen LogP contribution in [0.25, 0.3) is 21.8 Å². The predicted octanol–water partition coefficient (Wildman–Crippen LogP) is 22.3. The van der Waals surface area contributed by atoms with Crippen LogP contribution in [0.5, 0.6) is 23.0 Å². The molecule has 0 bridgehead atoms. The first kappa shape index (κ1) is 72.5. The normalized spacial score (nSPS) is 10.9. The summed E-state index contributed by atoms with van der Waals surface area (Å²) < 4.78 is 25.7. The van der Waals surface area contributed by atoms with Gasteiger partial charge in [-0.05, 0) is 123 Å². The highest BCUT2D eigenvalue weighted by atomic mass is 28.3. The number of H-pyrrole nitrogens is 1. The largest absolute Gasteiger partial charge is 0.492 e. The van der Waals surface area contributed by atoms with Crippen LogP contribution in [0.15, 0.2) is 109 Å². The number of hydrogen-bond donors (Lipinski definition) is 1.